The first kappa shape index (κ1) is 25.6. The number of anilines is 1. The molecule has 1 N–H and O–H groups in total. The lowest BCUT2D eigenvalue weighted by Gasteiger charge is -2.32. The van der Waals surface area contributed by atoms with Gasteiger partial charge in [-0.2, -0.15) is 23.4 Å². The number of carbonyl (C=O) groups is 2. The Morgan fingerprint density at radius 3 is 2.50 bits per heavy atom. The van der Waals surface area contributed by atoms with Crippen LogP contribution in [0.15, 0.2) is 24.7 Å². The number of fused-ring (bicyclic) bond motifs is 1. The normalized spacial score (nSPS) is 18.8. The van der Waals surface area contributed by atoms with Crippen molar-refractivity contribution in [2.24, 2.45) is 0 Å². The van der Waals surface area contributed by atoms with Crippen molar-refractivity contribution in [3.05, 3.63) is 30.2 Å². The number of carbonyl (C=O) groups excluding carboxylic acids is 2. The molecule has 0 aromatic carbocycles. The summed E-state index contributed by atoms with van der Waals surface area (Å²) < 4.78 is 50.4. The number of ether oxygens (including phenoxy) is 2. The van der Waals surface area contributed by atoms with E-state index >= 15 is 0 Å². The minimum atomic E-state index is -3.01. The van der Waals surface area contributed by atoms with Crippen LogP contribution in [0, 0.1) is 0 Å². The zero-order valence-electron chi connectivity index (χ0n) is 20.1. The first-order valence-electron chi connectivity index (χ1n) is 11.8. The second-order valence-corrected chi connectivity index (χ2v) is 9.20. The number of nitrogens with zero attached hydrogens (tertiary/aromatic N) is 5. The Hall–Kier alpha value is -3.51. The molecular formula is C23H29F3N6O4. The predicted octanol–water partition coefficient (Wildman–Crippen LogP) is 3.55. The third-order valence-corrected chi connectivity index (χ3v) is 6.34. The van der Waals surface area contributed by atoms with Gasteiger partial charge in [0.25, 0.3) is 5.91 Å². The molecule has 10 nitrogen and oxygen atoms in total. The number of amides is 2. The number of aromatic nitrogens is 3. The Morgan fingerprint density at radius 2 is 1.86 bits per heavy atom. The lowest BCUT2D eigenvalue weighted by molar-refractivity contribution is -0.128. The van der Waals surface area contributed by atoms with Crippen molar-refractivity contribution in [2.45, 2.75) is 57.8 Å². The Labute approximate surface area is 206 Å². The molecule has 4 heterocycles. The van der Waals surface area contributed by atoms with Gasteiger partial charge in [-0.05, 0) is 18.8 Å². The fourth-order valence-corrected chi connectivity index (χ4v) is 4.43. The molecule has 196 valence electrons. The summed E-state index contributed by atoms with van der Waals surface area (Å²) in [6, 6.07) is 1.33. The Morgan fingerprint density at radius 1 is 1.17 bits per heavy atom. The first-order chi connectivity index (χ1) is 17.1. The van der Waals surface area contributed by atoms with Crippen LogP contribution in [0.4, 0.5) is 23.8 Å². The van der Waals surface area contributed by atoms with Crippen LogP contribution >= 0.6 is 0 Å². The topological polar surface area (TPSA) is 101 Å². The molecular weight excluding hydrogens is 481 g/mol. The molecule has 0 spiro atoms. The van der Waals surface area contributed by atoms with Crippen molar-refractivity contribution in [2.75, 3.05) is 31.5 Å². The molecule has 0 radical (unpaired) electrons. The fraction of sp³-hybridized carbons (Fsp3) is 0.565. The summed E-state index contributed by atoms with van der Waals surface area (Å²) >= 11 is 0. The molecule has 2 aromatic heterocycles. The molecule has 2 aliphatic rings. The average molecular weight is 511 g/mol. The molecule has 2 aliphatic heterocycles. The molecule has 2 aromatic rings. The number of likely N-dealkylation sites (tertiary alicyclic amines) is 2. The second-order valence-electron chi connectivity index (χ2n) is 9.20. The lowest BCUT2D eigenvalue weighted by Crippen LogP contribution is -2.44. The molecule has 2 fully saturated rings. The van der Waals surface area contributed by atoms with Crippen LogP contribution in [0.2, 0.25) is 0 Å². The van der Waals surface area contributed by atoms with Gasteiger partial charge in [0.15, 0.2) is 11.5 Å². The SMILES string of the molecule is C=C(F)C(=O)N1CCC(OC(=O)N2CCC(Nc3cc(OC(F)F)nc4c(C(C)C)cnn34)CC2)C1. The van der Waals surface area contributed by atoms with Crippen LogP contribution in [0.3, 0.4) is 0 Å². The highest BCUT2D eigenvalue weighted by Crippen LogP contribution is 2.27. The Balaban J connectivity index is 1.36. The largest absolute Gasteiger partial charge is 0.444 e. The maximum absolute atomic E-state index is 13.1. The summed E-state index contributed by atoms with van der Waals surface area (Å²) in [6.07, 6.45) is 2.28. The van der Waals surface area contributed by atoms with Gasteiger partial charge in [0, 0.05) is 43.7 Å². The molecule has 1 atom stereocenters. The van der Waals surface area contributed by atoms with E-state index in [0.717, 1.165) is 5.56 Å². The van der Waals surface area contributed by atoms with Crippen molar-refractivity contribution in [1.29, 1.82) is 0 Å². The van der Waals surface area contributed by atoms with Crippen molar-refractivity contribution < 1.29 is 32.2 Å². The third-order valence-electron chi connectivity index (χ3n) is 6.34. The fourth-order valence-electron chi connectivity index (χ4n) is 4.43. The monoisotopic (exact) mass is 510 g/mol. The number of hydrogen-bond acceptors (Lipinski definition) is 7. The van der Waals surface area contributed by atoms with Gasteiger partial charge < -0.3 is 24.6 Å². The standard InChI is InChI=1S/C23H29F3N6O4/c1-13(2)17-11-27-32-18(10-19(29-20(17)32)36-22(25)26)28-15-4-7-30(8-5-15)23(34)35-16-6-9-31(12-16)21(33)14(3)24/h10-11,13,15-16,22,28H,3-9,12H2,1-2H3. The van der Waals surface area contributed by atoms with E-state index in [1.807, 2.05) is 13.8 Å². The number of piperidine rings is 1. The summed E-state index contributed by atoms with van der Waals surface area (Å²) in [4.78, 5) is 31.3. The lowest BCUT2D eigenvalue weighted by atomic mass is 10.1. The van der Waals surface area contributed by atoms with Crippen LogP contribution < -0.4 is 10.1 Å². The number of rotatable bonds is 7. The molecule has 0 bridgehead atoms. The van der Waals surface area contributed by atoms with Gasteiger partial charge >= 0.3 is 12.7 Å². The highest BCUT2D eigenvalue weighted by molar-refractivity contribution is 5.90. The van der Waals surface area contributed by atoms with Gasteiger partial charge in [-0.3, -0.25) is 4.79 Å². The Kier molecular flexibility index (Phi) is 7.55. The van der Waals surface area contributed by atoms with Crippen LogP contribution in [0.5, 0.6) is 5.88 Å². The predicted molar refractivity (Wildman–Crippen MR) is 124 cm³/mol. The maximum atomic E-state index is 13.1. The van der Waals surface area contributed by atoms with E-state index in [0.29, 0.717) is 50.4 Å². The summed E-state index contributed by atoms with van der Waals surface area (Å²) in [5, 5.41) is 7.68. The van der Waals surface area contributed by atoms with Gasteiger partial charge in [-0.1, -0.05) is 20.4 Å². The molecule has 2 amide bonds. The summed E-state index contributed by atoms with van der Waals surface area (Å²) in [7, 11) is 0. The van der Waals surface area contributed by atoms with Gasteiger partial charge in [-0.15, -0.1) is 0 Å². The van der Waals surface area contributed by atoms with Gasteiger partial charge in [0.1, 0.15) is 11.9 Å². The van der Waals surface area contributed by atoms with Crippen LogP contribution in [-0.4, -0.2) is 81.3 Å². The van der Waals surface area contributed by atoms with Gasteiger partial charge in [0.2, 0.25) is 5.88 Å². The van der Waals surface area contributed by atoms with Crippen molar-refractivity contribution in [3.8, 4) is 5.88 Å². The molecule has 13 heteroatoms. The molecule has 1 unspecified atom stereocenters. The minimum absolute atomic E-state index is 0.0547. The van der Waals surface area contributed by atoms with Crippen molar-refractivity contribution in [1.82, 2.24) is 24.4 Å². The highest BCUT2D eigenvalue weighted by atomic mass is 19.3. The molecule has 2 saturated heterocycles. The van der Waals surface area contributed by atoms with Crippen LogP contribution in [0.25, 0.3) is 5.65 Å². The summed E-state index contributed by atoms with van der Waals surface area (Å²) in [5.74, 6) is -1.48. The summed E-state index contributed by atoms with van der Waals surface area (Å²) in [6.45, 7) is 5.18. The smallest absolute Gasteiger partial charge is 0.410 e. The van der Waals surface area contributed by atoms with Crippen LogP contribution in [0.1, 0.15) is 44.6 Å². The van der Waals surface area contributed by atoms with Gasteiger partial charge in [-0.25, -0.2) is 9.18 Å². The van der Waals surface area contributed by atoms with Gasteiger partial charge in [0.05, 0.1) is 12.7 Å². The maximum Gasteiger partial charge on any atom is 0.410 e. The molecule has 36 heavy (non-hydrogen) atoms. The Bertz CT molecular complexity index is 1130. The van der Waals surface area contributed by atoms with E-state index < -0.39 is 30.5 Å². The zero-order valence-corrected chi connectivity index (χ0v) is 20.1. The van der Waals surface area contributed by atoms with E-state index in [2.05, 4.69) is 26.7 Å². The minimum Gasteiger partial charge on any atom is -0.444 e. The van der Waals surface area contributed by atoms with E-state index in [9.17, 15) is 22.8 Å². The van der Waals surface area contributed by atoms with E-state index in [4.69, 9.17) is 4.74 Å². The number of nitrogens with one attached hydrogen (secondary N) is 1. The number of hydrogen-bond donors (Lipinski definition) is 1. The zero-order chi connectivity index (χ0) is 26.0. The van der Waals surface area contributed by atoms with Crippen LogP contribution in [-0.2, 0) is 9.53 Å². The van der Waals surface area contributed by atoms with Crippen molar-refractivity contribution >= 4 is 23.5 Å². The summed E-state index contributed by atoms with van der Waals surface area (Å²) in [5.41, 5.74) is 1.24. The molecule has 0 saturated carbocycles. The first-order valence-corrected chi connectivity index (χ1v) is 11.8. The molecule has 0 aliphatic carbocycles. The van der Waals surface area contributed by atoms with E-state index in [1.165, 1.54) is 11.0 Å². The molecule has 4 rings (SSSR count). The van der Waals surface area contributed by atoms with Crippen molar-refractivity contribution in [3.63, 3.8) is 0 Å². The van der Waals surface area contributed by atoms with E-state index in [1.54, 1.807) is 15.6 Å². The second kappa shape index (κ2) is 10.6. The highest BCUT2D eigenvalue weighted by Gasteiger charge is 2.32. The van der Waals surface area contributed by atoms with E-state index in [-0.39, 0.29) is 24.4 Å². The third kappa shape index (κ3) is 5.65. The number of halogens is 3. The number of alkyl halides is 2. The quantitative estimate of drug-likeness (QED) is 0.569. The average Bonchev–Trinajstić information content (AvgIpc) is 3.46.